The molecule has 3 heteroatoms. The molecule has 0 saturated carbocycles. The number of fused-ring (bicyclic) bond motifs is 4. The molecule has 0 radical (unpaired) electrons. The molecular formula is C17H17N3. The lowest BCUT2D eigenvalue weighted by molar-refractivity contribution is 0.129. The van der Waals surface area contributed by atoms with Crippen molar-refractivity contribution in [1.29, 1.82) is 5.26 Å². The minimum atomic E-state index is 0.000978. The third kappa shape index (κ3) is 1.52. The monoisotopic (exact) mass is 263 g/mol. The molecule has 0 aromatic heterocycles. The van der Waals surface area contributed by atoms with Gasteiger partial charge in [-0.2, -0.15) is 5.26 Å². The summed E-state index contributed by atoms with van der Waals surface area (Å²) in [6, 6.07) is 8.82. The first-order valence-corrected chi connectivity index (χ1v) is 7.34. The Bertz CT molecular complexity index is 653. The van der Waals surface area contributed by atoms with Crippen LogP contribution in [0, 0.1) is 11.3 Å². The summed E-state index contributed by atoms with van der Waals surface area (Å²) in [7, 11) is 0. The number of aliphatic imine (C=N–C) groups is 1. The van der Waals surface area contributed by atoms with Crippen molar-refractivity contribution >= 4 is 12.3 Å². The first kappa shape index (κ1) is 11.9. The summed E-state index contributed by atoms with van der Waals surface area (Å²) in [4.78, 5) is 7.05. The highest BCUT2D eigenvalue weighted by Crippen LogP contribution is 2.46. The zero-order valence-corrected chi connectivity index (χ0v) is 11.4. The van der Waals surface area contributed by atoms with E-state index in [1.165, 1.54) is 30.4 Å². The third-order valence-corrected chi connectivity index (χ3v) is 4.92. The molecule has 3 nitrogen and oxygen atoms in total. The van der Waals surface area contributed by atoms with Crippen LogP contribution in [0.4, 0.5) is 0 Å². The zero-order chi connectivity index (χ0) is 13.6. The fourth-order valence-electron chi connectivity index (χ4n) is 3.94. The Morgan fingerprint density at radius 1 is 1.35 bits per heavy atom. The summed E-state index contributed by atoms with van der Waals surface area (Å²) < 4.78 is 0. The van der Waals surface area contributed by atoms with Crippen LogP contribution in [0.15, 0.2) is 29.3 Å². The van der Waals surface area contributed by atoms with Crippen LogP contribution < -0.4 is 0 Å². The highest BCUT2D eigenvalue weighted by atomic mass is 15.3. The highest BCUT2D eigenvalue weighted by Gasteiger charge is 2.45. The normalized spacial score (nSPS) is 31.1. The van der Waals surface area contributed by atoms with Crippen molar-refractivity contribution in [2.75, 3.05) is 6.67 Å². The molecule has 1 aliphatic carbocycles. The molecule has 0 bridgehead atoms. The molecule has 4 rings (SSSR count). The summed E-state index contributed by atoms with van der Waals surface area (Å²) in [6.07, 6.45) is 11.6. The lowest BCUT2D eigenvalue weighted by Gasteiger charge is -2.39. The van der Waals surface area contributed by atoms with Gasteiger partial charge < -0.3 is 0 Å². The molecule has 0 N–H and O–H groups in total. The molecule has 0 amide bonds. The average Bonchev–Trinajstić information content (AvgIpc) is 3.04. The van der Waals surface area contributed by atoms with E-state index < -0.39 is 0 Å². The fourth-order valence-corrected chi connectivity index (χ4v) is 3.94. The molecule has 2 atom stereocenters. The van der Waals surface area contributed by atoms with Crippen molar-refractivity contribution in [2.24, 2.45) is 4.99 Å². The Morgan fingerprint density at radius 2 is 2.30 bits per heavy atom. The maximum absolute atomic E-state index is 9.06. The molecule has 1 aromatic rings. The molecule has 1 saturated heterocycles. The van der Waals surface area contributed by atoms with Crippen LogP contribution in [-0.2, 0) is 5.54 Å². The van der Waals surface area contributed by atoms with Gasteiger partial charge in [0.05, 0.1) is 23.8 Å². The van der Waals surface area contributed by atoms with Crippen molar-refractivity contribution < 1.29 is 0 Å². The third-order valence-electron chi connectivity index (χ3n) is 4.92. The molecular weight excluding hydrogens is 246 g/mol. The van der Waals surface area contributed by atoms with Crippen molar-refractivity contribution in [3.63, 3.8) is 0 Å². The molecule has 1 fully saturated rings. The molecule has 3 aliphatic rings. The van der Waals surface area contributed by atoms with Gasteiger partial charge in [0.15, 0.2) is 0 Å². The van der Waals surface area contributed by atoms with E-state index in [0.29, 0.717) is 6.04 Å². The van der Waals surface area contributed by atoms with Crippen LogP contribution in [0.5, 0.6) is 0 Å². The van der Waals surface area contributed by atoms with E-state index in [9.17, 15) is 0 Å². The van der Waals surface area contributed by atoms with Crippen LogP contribution in [0.2, 0.25) is 0 Å². The fraction of sp³-hybridized carbons (Fsp3) is 0.412. The van der Waals surface area contributed by atoms with Gasteiger partial charge in [-0.1, -0.05) is 31.1 Å². The minimum absolute atomic E-state index is 0.000978. The largest absolute Gasteiger partial charge is 0.280 e. The number of nitriles is 1. The van der Waals surface area contributed by atoms with Gasteiger partial charge in [0.2, 0.25) is 0 Å². The van der Waals surface area contributed by atoms with E-state index in [0.717, 1.165) is 18.7 Å². The van der Waals surface area contributed by atoms with Crippen LogP contribution >= 0.6 is 0 Å². The van der Waals surface area contributed by atoms with Crippen molar-refractivity contribution in [1.82, 2.24) is 4.90 Å². The number of benzene rings is 1. The molecule has 1 aromatic carbocycles. The highest BCUT2D eigenvalue weighted by molar-refractivity contribution is 5.70. The van der Waals surface area contributed by atoms with Crippen molar-refractivity contribution in [3.8, 4) is 6.07 Å². The van der Waals surface area contributed by atoms with Gasteiger partial charge in [-0.25, -0.2) is 0 Å². The molecule has 1 spiro atoms. The Morgan fingerprint density at radius 3 is 3.20 bits per heavy atom. The van der Waals surface area contributed by atoms with Crippen LogP contribution in [-0.4, -0.2) is 23.8 Å². The molecule has 2 heterocycles. The van der Waals surface area contributed by atoms with Gasteiger partial charge in [0, 0.05) is 12.3 Å². The number of hydrogen-bond donors (Lipinski definition) is 0. The van der Waals surface area contributed by atoms with Gasteiger partial charge in [-0.05, 0) is 36.1 Å². The number of hydrogen-bond acceptors (Lipinski definition) is 3. The topological polar surface area (TPSA) is 39.4 Å². The van der Waals surface area contributed by atoms with Gasteiger partial charge in [-0.3, -0.25) is 9.89 Å². The Kier molecular flexibility index (Phi) is 2.55. The van der Waals surface area contributed by atoms with Crippen LogP contribution in [0.1, 0.15) is 42.4 Å². The van der Waals surface area contributed by atoms with E-state index in [1.54, 1.807) is 0 Å². The molecule has 20 heavy (non-hydrogen) atoms. The summed E-state index contributed by atoms with van der Waals surface area (Å²) in [5, 5.41) is 9.06. The summed E-state index contributed by atoms with van der Waals surface area (Å²) in [5.74, 6) is 0. The van der Waals surface area contributed by atoms with Crippen LogP contribution in [0.25, 0.3) is 6.08 Å². The van der Waals surface area contributed by atoms with Gasteiger partial charge in [0.1, 0.15) is 0 Å². The van der Waals surface area contributed by atoms with Crippen LogP contribution in [0.3, 0.4) is 0 Å². The smallest absolute Gasteiger partial charge is 0.0991 e. The summed E-state index contributed by atoms with van der Waals surface area (Å²) in [5.41, 5.74) is 3.31. The van der Waals surface area contributed by atoms with Gasteiger partial charge in [-0.15, -0.1) is 0 Å². The lowest BCUT2D eigenvalue weighted by Crippen LogP contribution is -2.46. The quantitative estimate of drug-likeness (QED) is 0.721. The maximum atomic E-state index is 9.06. The Balaban J connectivity index is 1.83. The number of rotatable bonds is 0. The first-order chi connectivity index (χ1) is 9.83. The molecule has 100 valence electrons. The zero-order valence-electron chi connectivity index (χ0n) is 11.4. The minimum Gasteiger partial charge on any atom is -0.280 e. The van der Waals surface area contributed by atoms with E-state index in [-0.39, 0.29) is 5.54 Å². The summed E-state index contributed by atoms with van der Waals surface area (Å²) in [6.45, 7) is 0.800. The lowest BCUT2D eigenvalue weighted by atomic mass is 9.85. The predicted molar refractivity (Wildman–Crippen MR) is 79.3 cm³/mol. The number of nitrogens with zero attached hydrogens (tertiary/aromatic N) is 3. The second-order valence-electron chi connectivity index (χ2n) is 5.93. The Labute approximate surface area is 119 Å². The molecule has 2 unspecified atom stereocenters. The van der Waals surface area contributed by atoms with E-state index in [4.69, 9.17) is 5.26 Å². The maximum Gasteiger partial charge on any atom is 0.0991 e. The second kappa shape index (κ2) is 4.29. The average molecular weight is 263 g/mol. The Hall–Kier alpha value is -1.92. The standard InChI is InChI=1S/C17H17N3/c18-10-13-4-5-16-14(9-13)6-8-17(16)7-2-1-3-15-11-19-12-20(15)17/h4-6,8-9,11,15H,1-3,7,12H2. The van der Waals surface area contributed by atoms with Crippen molar-refractivity contribution in [3.05, 3.63) is 41.0 Å². The van der Waals surface area contributed by atoms with E-state index in [1.807, 2.05) is 12.1 Å². The first-order valence-electron chi connectivity index (χ1n) is 7.34. The SMILES string of the molecule is N#Cc1ccc2c(c1)C=CC21CCCCC2C=NCN21. The van der Waals surface area contributed by atoms with E-state index >= 15 is 0 Å². The second-order valence-corrected chi connectivity index (χ2v) is 5.93. The van der Waals surface area contributed by atoms with E-state index in [2.05, 4.69) is 40.4 Å². The molecule has 2 aliphatic heterocycles. The van der Waals surface area contributed by atoms with Gasteiger partial charge >= 0.3 is 0 Å². The predicted octanol–water partition coefficient (Wildman–Crippen LogP) is 3.07. The van der Waals surface area contributed by atoms with Crippen molar-refractivity contribution in [2.45, 2.75) is 37.3 Å². The van der Waals surface area contributed by atoms with Gasteiger partial charge in [0.25, 0.3) is 0 Å². The summed E-state index contributed by atoms with van der Waals surface area (Å²) >= 11 is 0.